The van der Waals surface area contributed by atoms with Gasteiger partial charge in [0.05, 0.1) is 27.4 Å². The van der Waals surface area contributed by atoms with Crippen molar-refractivity contribution in [2.24, 2.45) is 4.99 Å². The lowest BCUT2D eigenvalue weighted by atomic mass is 10.3. The van der Waals surface area contributed by atoms with Crippen LogP contribution in [0.1, 0.15) is 11.4 Å². The fourth-order valence-corrected chi connectivity index (χ4v) is 2.61. The Labute approximate surface area is 175 Å². The van der Waals surface area contributed by atoms with E-state index in [2.05, 4.69) is 30.9 Å². The van der Waals surface area contributed by atoms with E-state index >= 15 is 0 Å². The molecule has 0 saturated heterocycles. The highest BCUT2D eigenvalue weighted by Crippen LogP contribution is 2.25. The first-order chi connectivity index (χ1) is 13.9. The first-order valence-corrected chi connectivity index (χ1v) is 9.28. The number of methoxy groups -OCH3 is 3. The molecule has 3 N–H and O–H groups in total. The van der Waals surface area contributed by atoms with Gasteiger partial charge in [0.15, 0.2) is 5.11 Å². The first kappa shape index (κ1) is 22.3. The summed E-state index contributed by atoms with van der Waals surface area (Å²) in [7, 11) is 4.79. The number of ether oxygens (including phenoxy) is 3. The first-order valence-electron chi connectivity index (χ1n) is 8.87. The van der Waals surface area contributed by atoms with Gasteiger partial charge < -0.3 is 24.8 Å². The molecule has 1 heterocycles. The standard InChI is InChI=1S/C19H26N6O3S/c1-12-8-13(2)22-18(21-12)24-17(20-6-7-26-3)25-19(29)23-14-9-15(27-4)11-16(10-14)28-5/h8-11H,6-7H2,1-5H3,(H3,20,21,22,23,24,25,29). The number of thiocarbonyl (C=S) groups is 1. The summed E-state index contributed by atoms with van der Waals surface area (Å²) in [4.78, 5) is 13.2. The number of rotatable bonds is 7. The number of benzene rings is 1. The molecule has 9 nitrogen and oxygen atoms in total. The number of hydrogen-bond acceptors (Lipinski definition) is 7. The van der Waals surface area contributed by atoms with Crippen molar-refractivity contribution in [2.75, 3.05) is 45.1 Å². The molecule has 29 heavy (non-hydrogen) atoms. The second-order valence-corrected chi connectivity index (χ2v) is 6.41. The second kappa shape index (κ2) is 11.1. The average Bonchev–Trinajstić information content (AvgIpc) is 2.66. The summed E-state index contributed by atoms with van der Waals surface area (Å²) in [6.07, 6.45) is 0. The van der Waals surface area contributed by atoms with Crippen molar-refractivity contribution >= 4 is 34.9 Å². The number of aryl methyl sites for hydroxylation is 2. The van der Waals surface area contributed by atoms with Gasteiger partial charge in [0.2, 0.25) is 11.9 Å². The van der Waals surface area contributed by atoms with Gasteiger partial charge >= 0.3 is 0 Å². The van der Waals surface area contributed by atoms with Crippen LogP contribution in [0.25, 0.3) is 0 Å². The summed E-state index contributed by atoms with van der Waals surface area (Å²) < 4.78 is 15.6. The summed E-state index contributed by atoms with van der Waals surface area (Å²) in [6.45, 7) is 4.70. The van der Waals surface area contributed by atoms with Gasteiger partial charge in [-0.2, -0.15) is 0 Å². The van der Waals surface area contributed by atoms with Crippen LogP contribution < -0.4 is 25.4 Å². The number of aromatic nitrogens is 2. The van der Waals surface area contributed by atoms with Crippen LogP contribution in [0, 0.1) is 13.8 Å². The molecule has 0 aliphatic rings. The highest BCUT2D eigenvalue weighted by Gasteiger charge is 2.08. The van der Waals surface area contributed by atoms with Crippen LogP contribution in [0.3, 0.4) is 0 Å². The van der Waals surface area contributed by atoms with Gasteiger partial charge in [-0.1, -0.05) is 0 Å². The minimum Gasteiger partial charge on any atom is -0.497 e. The van der Waals surface area contributed by atoms with Crippen molar-refractivity contribution in [3.05, 3.63) is 35.7 Å². The minimum absolute atomic E-state index is 0.327. The lowest BCUT2D eigenvalue weighted by molar-refractivity contribution is 0.208. The van der Waals surface area contributed by atoms with Gasteiger partial charge in [0.25, 0.3) is 0 Å². The third-order valence-corrected chi connectivity index (χ3v) is 3.82. The van der Waals surface area contributed by atoms with Crippen LogP contribution in [-0.4, -0.2) is 55.5 Å². The SMILES string of the molecule is COCCN=C(NC(=S)Nc1cc(OC)cc(OC)c1)Nc1nc(C)cc(C)n1. The van der Waals surface area contributed by atoms with Crippen LogP contribution in [0.4, 0.5) is 11.6 Å². The molecule has 0 amide bonds. The molecule has 0 aliphatic carbocycles. The van der Waals surface area contributed by atoms with Crippen LogP contribution >= 0.6 is 12.2 Å². The van der Waals surface area contributed by atoms with E-state index in [-0.39, 0.29) is 0 Å². The van der Waals surface area contributed by atoms with Crippen LogP contribution in [0.2, 0.25) is 0 Å². The molecule has 0 radical (unpaired) electrons. The second-order valence-electron chi connectivity index (χ2n) is 6.00. The van der Waals surface area contributed by atoms with Crippen LogP contribution in [-0.2, 0) is 4.74 Å². The Bertz CT molecular complexity index is 833. The maximum atomic E-state index is 5.42. The van der Waals surface area contributed by atoms with E-state index in [0.29, 0.717) is 47.4 Å². The van der Waals surface area contributed by atoms with Crippen molar-refractivity contribution in [1.82, 2.24) is 15.3 Å². The monoisotopic (exact) mass is 418 g/mol. The Morgan fingerprint density at radius 1 is 0.966 bits per heavy atom. The van der Waals surface area contributed by atoms with Crippen LogP contribution in [0.5, 0.6) is 11.5 Å². The van der Waals surface area contributed by atoms with Gasteiger partial charge in [0, 0.05) is 42.4 Å². The lowest BCUT2D eigenvalue weighted by Crippen LogP contribution is -2.39. The molecule has 0 aliphatic heterocycles. The van der Waals surface area contributed by atoms with E-state index in [1.165, 1.54) is 0 Å². The zero-order chi connectivity index (χ0) is 21.2. The van der Waals surface area contributed by atoms with E-state index < -0.39 is 0 Å². The number of nitrogens with zero attached hydrogens (tertiary/aromatic N) is 3. The van der Waals surface area contributed by atoms with Crippen LogP contribution in [0.15, 0.2) is 29.3 Å². The minimum atomic E-state index is 0.327. The molecule has 10 heteroatoms. The highest BCUT2D eigenvalue weighted by atomic mass is 32.1. The molecule has 156 valence electrons. The number of anilines is 2. The largest absolute Gasteiger partial charge is 0.497 e. The van der Waals surface area contributed by atoms with E-state index in [9.17, 15) is 0 Å². The molecule has 1 aromatic carbocycles. The summed E-state index contributed by atoms with van der Waals surface area (Å²) in [5.41, 5.74) is 2.40. The average molecular weight is 419 g/mol. The Kier molecular flexibility index (Phi) is 8.56. The molecule has 1 aromatic heterocycles. The van der Waals surface area contributed by atoms with E-state index in [1.54, 1.807) is 39.5 Å². The van der Waals surface area contributed by atoms with Gasteiger partial charge in [-0.05, 0) is 32.1 Å². The van der Waals surface area contributed by atoms with Crippen molar-refractivity contribution in [3.63, 3.8) is 0 Å². The predicted molar refractivity (Wildman–Crippen MR) is 118 cm³/mol. The Balaban J connectivity index is 2.13. The number of hydrogen-bond donors (Lipinski definition) is 3. The van der Waals surface area contributed by atoms with Gasteiger partial charge in [-0.15, -0.1) is 0 Å². The molecule has 2 rings (SSSR count). The van der Waals surface area contributed by atoms with Gasteiger partial charge in [-0.25, -0.2) is 9.97 Å². The summed E-state index contributed by atoms with van der Waals surface area (Å²) in [6, 6.07) is 7.28. The summed E-state index contributed by atoms with van der Waals surface area (Å²) >= 11 is 5.42. The summed E-state index contributed by atoms with van der Waals surface area (Å²) in [5.74, 6) is 2.12. The zero-order valence-corrected chi connectivity index (χ0v) is 18.0. The van der Waals surface area contributed by atoms with Crippen molar-refractivity contribution < 1.29 is 14.2 Å². The summed E-state index contributed by atoms with van der Waals surface area (Å²) in [5, 5.41) is 9.51. The van der Waals surface area contributed by atoms with E-state index in [0.717, 1.165) is 11.4 Å². The molecule has 2 aromatic rings. The molecular formula is C19H26N6O3S. The molecule has 0 saturated carbocycles. The molecular weight excluding hydrogens is 392 g/mol. The highest BCUT2D eigenvalue weighted by molar-refractivity contribution is 7.80. The zero-order valence-electron chi connectivity index (χ0n) is 17.2. The number of aliphatic imine (C=N–C) groups is 1. The van der Waals surface area contributed by atoms with Crippen molar-refractivity contribution in [3.8, 4) is 11.5 Å². The topological polar surface area (TPSA) is 102 Å². The Morgan fingerprint density at radius 3 is 2.14 bits per heavy atom. The van der Waals surface area contributed by atoms with Crippen molar-refractivity contribution in [2.45, 2.75) is 13.8 Å². The smallest absolute Gasteiger partial charge is 0.229 e. The molecule has 0 unspecified atom stereocenters. The van der Waals surface area contributed by atoms with Crippen molar-refractivity contribution in [1.29, 1.82) is 0 Å². The number of nitrogens with one attached hydrogen (secondary N) is 3. The van der Waals surface area contributed by atoms with Gasteiger partial charge in [-0.3, -0.25) is 10.3 Å². The lowest BCUT2D eigenvalue weighted by Gasteiger charge is -2.15. The van der Waals surface area contributed by atoms with Gasteiger partial charge in [0.1, 0.15) is 11.5 Å². The third kappa shape index (κ3) is 7.51. The maximum absolute atomic E-state index is 5.42. The fourth-order valence-electron chi connectivity index (χ4n) is 2.40. The quantitative estimate of drug-likeness (QED) is 0.271. The molecule has 0 fully saturated rings. The number of guanidine groups is 1. The Morgan fingerprint density at radius 2 is 1.59 bits per heavy atom. The maximum Gasteiger partial charge on any atom is 0.229 e. The van der Waals surface area contributed by atoms with E-state index in [4.69, 9.17) is 26.4 Å². The third-order valence-electron chi connectivity index (χ3n) is 3.62. The predicted octanol–water partition coefficient (Wildman–Crippen LogP) is 2.51. The fraction of sp³-hybridized carbons (Fsp3) is 0.368. The molecule has 0 bridgehead atoms. The normalized spacial score (nSPS) is 11.0. The molecule has 0 spiro atoms. The Hall–Kier alpha value is -2.98. The molecule has 0 atom stereocenters. The van der Waals surface area contributed by atoms with E-state index in [1.807, 2.05) is 19.9 Å².